The normalized spacial score (nSPS) is 10.1. The first-order valence-electron chi connectivity index (χ1n) is 4.99. The first-order chi connectivity index (χ1) is 9.01. The van der Waals surface area contributed by atoms with Gasteiger partial charge in [-0.3, -0.25) is 0 Å². The molecular weight excluding hydrogens is 262 g/mol. The van der Waals surface area contributed by atoms with E-state index < -0.39 is 29.2 Å². The van der Waals surface area contributed by atoms with Crippen LogP contribution in [0.3, 0.4) is 0 Å². The molecule has 7 heteroatoms. The quantitative estimate of drug-likeness (QED) is 0.671. The highest BCUT2D eigenvalue weighted by Gasteiger charge is 2.13. The van der Waals surface area contributed by atoms with Crippen molar-refractivity contribution in [1.29, 1.82) is 5.26 Å². The van der Waals surface area contributed by atoms with Gasteiger partial charge in [-0.15, -0.1) is 0 Å². The Bertz CT molecular complexity index is 679. The first-order valence-corrected chi connectivity index (χ1v) is 4.99. The molecule has 0 radical (unpaired) electrons. The predicted octanol–water partition coefficient (Wildman–Crippen LogP) is 3.25. The lowest BCUT2D eigenvalue weighted by molar-refractivity contribution is 0.467. The lowest BCUT2D eigenvalue weighted by Crippen LogP contribution is -2.03. The monoisotopic (exact) mass is 267 g/mol. The van der Waals surface area contributed by atoms with Crippen molar-refractivity contribution in [3.8, 4) is 6.07 Å². The van der Waals surface area contributed by atoms with E-state index in [1.807, 2.05) is 0 Å². The Hall–Kier alpha value is -2.62. The zero-order valence-electron chi connectivity index (χ0n) is 9.22. The van der Waals surface area contributed by atoms with Crippen molar-refractivity contribution in [1.82, 2.24) is 4.98 Å². The molecular formula is C12H5F4N3. The Morgan fingerprint density at radius 2 is 1.74 bits per heavy atom. The van der Waals surface area contributed by atoms with Gasteiger partial charge in [-0.1, -0.05) is 0 Å². The number of nitriles is 1. The van der Waals surface area contributed by atoms with Crippen molar-refractivity contribution in [2.75, 3.05) is 5.32 Å². The maximum atomic E-state index is 13.5. The smallest absolute Gasteiger partial charge is 0.251 e. The highest BCUT2D eigenvalue weighted by Crippen LogP contribution is 2.22. The second-order valence-electron chi connectivity index (χ2n) is 3.52. The average molecular weight is 267 g/mol. The molecule has 0 atom stereocenters. The van der Waals surface area contributed by atoms with E-state index in [9.17, 15) is 17.6 Å². The number of nitrogens with zero attached hydrogens (tertiary/aromatic N) is 2. The molecule has 1 heterocycles. The minimum Gasteiger partial charge on any atom is -0.335 e. The summed E-state index contributed by atoms with van der Waals surface area (Å²) in [7, 11) is 0. The third-order valence-corrected chi connectivity index (χ3v) is 2.24. The molecule has 0 aliphatic rings. The van der Waals surface area contributed by atoms with Crippen molar-refractivity contribution in [2.45, 2.75) is 0 Å². The molecule has 0 unspecified atom stereocenters. The lowest BCUT2D eigenvalue weighted by atomic mass is 10.2. The number of hydrogen-bond donors (Lipinski definition) is 1. The number of halogens is 4. The molecule has 0 spiro atoms. The SMILES string of the molecule is N#Cc1ccc(Nc2nc(F)c(F)cc2F)c(F)c1. The molecule has 1 aromatic carbocycles. The number of nitrogens with one attached hydrogen (secondary N) is 1. The Morgan fingerprint density at radius 1 is 1.00 bits per heavy atom. The molecule has 0 aliphatic heterocycles. The van der Waals surface area contributed by atoms with Crippen molar-refractivity contribution in [3.63, 3.8) is 0 Å². The fraction of sp³-hybridized carbons (Fsp3) is 0. The molecule has 0 saturated heterocycles. The van der Waals surface area contributed by atoms with Gasteiger partial charge in [-0.2, -0.15) is 14.6 Å². The number of hydrogen-bond acceptors (Lipinski definition) is 3. The molecule has 3 nitrogen and oxygen atoms in total. The Labute approximate surface area is 105 Å². The Kier molecular flexibility index (Phi) is 3.33. The van der Waals surface area contributed by atoms with Crippen molar-refractivity contribution >= 4 is 11.5 Å². The zero-order valence-corrected chi connectivity index (χ0v) is 9.22. The summed E-state index contributed by atoms with van der Waals surface area (Å²) in [6.07, 6.45) is 0. The number of rotatable bonds is 2. The molecule has 19 heavy (non-hydrogen) atoms. The van der Waals surface area contributed by atoms with Crippen LogP contribution in [0.25, 0.3) is 0 Å². The number of pyridine rings is 1. The highest BCUT2D eigenvalue weighted by molar-refractivity contribution is 5.58. The summed E-state index contributed by atoms with van der Waals surface area (Å²) in [5.74, 6) is -5.60. The van der Waals surface area contributed by atoms with Gasteiger partial charge in [0.25, 0.3) is 5.95 Å². The fourth-order valence-corrected chi connectivity index (χ4v) is 1.35. The van der Waals surface area contributed by atoms with E-state index >= 15 is 0 Å². The van der Waals surface area contributed by atoms with Crippen LogP contribution in [0.2, 0.25) is 0 Å². The van der Waals surface area contributed by atoms with Gasteiger partial charge in [0.2, 0.25) is 0 Å². The highest BCUT2D eigenvalue weighted by atomic mass is 19.2. The summed E-state index contributed by atoms with van der Waals surface area (Å²) < 4.78 is 52.3. The molecule has 2 aromatic rings. The molecule has 1 N–H and O–H groups in total. The second-order valence-corrected chi connectivity index (χ2v) is 3.52. The van der Waals surface area contributed by atoms with Crippen LogP contribution in [-0.4, -0.2) is 4.98 Å². The summed E-state index contributed by atoms with van der Waals surface area (Å²) in [5.41, 5.74) is -0.141. The number of benzene rings is 1. The Morgan fingerprint density at radius 3 is 2.37 bits per heavy atom. The maximum absolute atomic E-state index is 13.5. The van der Waals surface area contributed by atoms with Gasteiger partial charge >= 0.3 is 0 Å². The Balaban J connectivity index is 2.37. The van der Waals surface area contributed by atoms with E-state index in [0.717, 1.165) is 12.1 Å². The fourth-order valence-electron chi connectivity index (χ4n) is 1.35. The largest absolute Gasteiger partial charge is 0.335 e. The van der Waals surface area contributed by atoms with Crippen LogP contribution < -0.4 is 5.32 Å². The summed E-state index contributed by atoms with van der Waals surface area (Å²) in [6, 6.07) is 5.38. The van der Waals surface area contributed by atoms with Crippen LogP contribution >= 0.6 is 0 Å². The van der Waals surface area contributed by atoms with Gasteiger partial charge in [-0.05, 0) is 18.2 Å². The third kappa shape index (κ3) is 2.63. The topological polar surface area (TPSA) is 48.7 Å². The van der Waals surface area contributed by atoms with Crippen LogP contribution in [0.5, 0.6) is 0 Å². The summed E-state index contributed by atoms with van der Waals surface area (Å²) in [6.45, 7) is 0. The number of anilines is 2. The van der Waals surface area contributed by atoms with Crippen LogP contribution in [0.4, 0.5) is 29.1 Å². The molecule has 0 aliphatic carbocycles. The molecule has 0 fully saturated rings. The van der Waals surface area contributed by atoms with Crippen molar-refractivity contribution in [2.24, 2.45) is 0 Å². The molecule has 0 bridgehead atoms. The molecule has 1 aromatic heterocycles. The molecule has 0 amide bonds. The van der Waals surface area contributed by atoms with E-state index in [4.69, 9.17) is 5.26 Å². The summed E-state index contributed by atoms with van der Waals surface area (Å²) in [5, 5.41) is 10.7. The first kappa shape index (κ1) is 12.8. The molecule has 0 saturated carbocycles. The van der Waals surface area contributed by atoms with E-state index in [-0.39, 0.29) is 11.3 Å². The standard InChI is InChI=1S/C12H5F4N3/c13-7-3-6(5-17)1-2-10(7)18-12-9(15)4-8(14)11(16)19-12/h1-4H,(H,18,19). The zero-order chi connectivity index (χ0) is 14.0. The van der Waals surface area contributed by atoms with Crippen molar-refractivity contribution in [3.05, 3.63) is 53.2 Å². The van der Waals surface area contributed by atoms with Gasteiger partial charge in [0.05, 0.1) is 17.3 Å². The lowest BCUT2D eigenvalue weighted by Gasteiger charge is -2.08. The minimum atomic E-state index is -1.50. The van der Waals surface area contributed by atoms with Crippen LogP contribution in [0.15, 0.2) is 24.3 Å². The van der Waals surface area contributed by atoms with Gasteiger partial charge in [0, 0.05) is 6.07 Å². The summed E-state index contributed by atoms with van der Waals surface area (Å²) in [4.78, 5) is 2.99. The van der Waals surface area contributed by atoms with Crippen molar-refractivity contribution < 1.29 is 17.6 Å². The van der Waals surface area contributed by atoms with Crippen LogP contribution in [-0.2, 0) is 0 Å². The van der Waals surface area contributed by atoms with E-state index in [0.29, 0.717) is 6.07 Å². The van der Waals surface area contributed by atoms with Gasteiger partial charge < -0.3 is 5.32 Å². The van der Waals surface area contributed by atoms with Gasteiger partial charge in [0.1, 0.15) is 5.82 Å². The minimum absolute atomic E-state index is 0.0711. The maximum Gasteiger partial charge on any atom is 0.251 e. The van der Waals surface area contributed by atoms with Gasteiger partial charge in [-0.25, -0.2) is 13.2 Å². The molecule has 2 rings (SSSR count). The number of aromatic nitrogens is 1. The van der Waals surface area contributed by atoms with E-state index in [1.54, 1.807) is 6.07 Å². The average Bonchev–Trinajstić information content (AvgIpc) is 2.38. The predicted molar refractivity (Wildman–Crippen MR) is 58.5 cm³/mol. The van der Waals surface area contributed by atoms with E-state index in [2.05, 4.69) is 10.3 Å². The summed E-state index contributed by atoms with van der Waals surface area (Å²) >= 11 is 0. The van der Waals surface area contributed by atoms with Gasteiger partial charge in [0.15, 0.2) is 17.5 Å². The van der Waals surface area contributed by atoms with E-state index in [1.165, 1.54) is 6.07 Å². The third-order valence-electron chi connectivity index (χ3n) is 2.24. The van der Waals surface area contributed by atoms with Crippen LogP contribution in [0.1, 0.15) is 5.56 Å². The second kappa shape index (κ2) is 4.94. The molecule has 96 valence electrons. The van der Waals surface area contributed by atoms with Crippen LogP contribution in [0, 0.1) is 34.7 Å².